The van der Waals surface area contributed by atoms with Crippen LogP contribution in [0.2, 0.25) is 0 Å². The Morgan fingerprint density at radius 1 is 1.25 bits per heavy atom. The van der Waals surface area contributed by atoms with Crippen LogP contribution in [0.5, 0.6) is 0 Å². The normalized spacial score (nSPS) is 9.75. The number of hydrogen-bond acceptors (Lipinski definition) is 2. The highest BCUT2D eigenvalue weighted by Gasteiger charge is 1.84. The molecule has 0 saturated carbocycles. The van der Waals surface area contributed by atoms with Gasteiger partial charge in [-0.2, -0.15) is 0 Å². The second-order valence-corrected chi connectivity index (χ2v) is 1.99. The van der Waals surface area contributed by atoms with E-state index in [9.17, 15) is 0 Å². The van der Waals surface area contributed by atoms with Gasteiger partial charge in [-0.1, -0.05) is 0 Å². The third kappa shape index (κ3) is 6.35. The van der Waals surface area contributed by atoms with E-state index in [1.807, 2.05) is 0 Å². The van der Waals surface area contributed by atoms with Gasteiger partial charge in [-0.05, 0) is 19.3 Å². The van der Waals surface area contributed by atoms with Gasteiger partial charge in [0.2, 0.25) is 0 Å². The summed E-state index contributed by atoms with van der Waals surface area (Å²) in [4.78, 5) is 0. The molecule has 0 aromatic heterocycles. The number of aliphatic hydroxyl groups is 1. The first kappa shape index (κ1) is 8.35. The van der Waals surface area contributed by atoms with E-state index in [1.54, 1.807) is 0 Å². The number of hydrogen-bond donors (Lipinski definition) is 1. The van der Waals surface area contributed by atoms with E-state index in [0.717, 1.165) is 25.9 Å². The lowest BCUT2D eigenvalue weighted by molar-refractivity contribution is 0.274. The van der Waals surface area contributed by atoms with Crippen LogP contribution in [0.25, 0.3) is 0 Å². The molecule has 3 heteroatoms. The van der Waals surface area contributed by atoms with Gasteiger partial charge in [0.25, 0.3) is 0 Å². The predicted octanol–water partition coefficient (Wildman–Crippen LogP) is 0.956. The van der Waals surface area contributed by atoms with Gasteiger partial charge in [-0.15, -0.1) is 0 Å². The Morgan fingerprint density at radius 2 is 2.00 bits per heavy atom. The first-order valence-corrected chi connectivity index (χ1v) is 3.31. The maximum atomic E-state index is 8.32. The van der Waals surface area contributed by atoms with E-state index in [2.05, 4.69) is 9.47 Å². The maximum Gasteiger partial charge on any atom is 0.0501 e. The van der Waals surface area contributed by atoms with Crippen LogP contribution in [0.15, 0.2) is 0 Å². The molecule has 0 rings (SSSR count). The zero-order chi connectivity index (χ0) is 6.24. The molecule has 1 unspecified atom stereocenters. The van der Waals surface area contributed by atoms with E-state index in [1.165, 1.54) is 0 Å². The minimum absolute atomic E-state index is 0.302. The second-order valence-electron chi connectivity index (χ2n) is 1.66. The van der Waals surface area contributed by atoms with Gasteiger partial charge in [-0.3, -0.25) is 0 Å². The molecular formula is C5H13O2P. The SMILES string of the molecule is OCCCCCOP. The Kier molecular flexibility index (Phi) is 7.67. The Balaban J connectivity index is 2.53. The molecule has 0 fully saturated rings. The first-order valence-electron chi connectivity index (χ1n) is 2.84. The van der Waals surface area contributed by atoms with Crippen molar-refractivity contribution in [3.05, 3.63) is 0 Å². The van der Waals surface area contributed by atoms with E-state index >= 15 is 0 Å². The maximum absolute atomic E-state index is 8.32. The molecule has 8 heavy (non-hydrogen) atoms. The molecule has 0 radical (unpaired) electrons. The largest absolute Gasteiger partial charge is 0.396 e. The van der Waals surface area contributed by atoms with Crippen LogP contribution in [0, 0.1) is 0 Å². The van der Waals surface area contributed by atoms with Crippen molar-refractivity contribution < 1.29 is 9.63 Å². The molecule has 0 heterocycles. The summed E-state index contributed by atoms with van der Waals surface area (Å²) in [5.74, 6) is 0. The van der Waals surface area contributed by atoms with Gasteiger partial charge >= 0.3 is 0 Å². The summed E-state index contributed by atoms with van der Waals surface area (Å²) in [7, 11) is 2.20. The molecule has 50 valence electrons. The van der Waals surface area contributed by atoms with Crippen molar-refractivity contribution in [3.63, 3.8) is 0 Å². The fraction of sp³-hybridized carbons (Fsp3) is 1.00. The highest BCUT2D eigenvalue weighted by molar-refractivity contribution is 7.09. The minimum atomic E-state index is 0.302. The van der Waals surface area contributed by atoms with E-state index < -0.39 is 0 Å². The van der Waals surface area contributed by atoms with Crippen molar-refractivity contribution >= 4 is 9.47 Å². The summed E-state index contributed by atoms with van der Waals surface area (Å²) >= 11 is 0. The van der Waals surface area contributed by atoms with Gasteiger partial charge in [0, 0.05) is 16.1 Å². The van der Waals surface area contributed by atoms with Crippen LogP contribution in [0.1, 0.15) is 19.3 Å². The van der Waals surface area contributed by atoms with Crippen LogP contribution in [0.3, 0.4) is 0 Å². The third-order valence-corrected chi connectivity index (χ3v) is 1.16. The van der Waals surface area contributed by atoms with Gasteiger partial charge < -0.3 is 9.63 Å². The average Bonchev–Trinajstić information content (AvgIpc) is 1.81. The highest BCUT2D eigenvalue weighted by Crippen LogP contribution is 1.96. The predicted molar refractivity (Wildman–Crippen MR) is 36.6 cm³/mol. The molecule has 0 saturated heterocycles. The first-order chi connectivity index (χ1) is 3.91. The van der Waals surface area contributed by atoms with Crippen molar-refractivity contribution in [1.82, 2.24) is 0 Å². The molecule has 1 atom stereocenters. The van der Waals surface area contributed by atoms with E-state index in [0.29, 0.717) is 6.61 Å². The minimum Gasteiger partial charge on any atom is -0.396 e. The van der Waals surface area contributed by atoms with Crippen molar-refractivity contribution in [1.29, 1.82) is 0 Å². The summed E-state index contributed by atoms with van der Waals surface area (Å²) in [6, 6.07) is 0. The Morgan fingerprint density at radius 3 is 2.50 bits per heavy atom. The topological polar surface area (TPSA) is 29.5 Å². The van der Waals surface area contributed by atoms with E-state index in [4.69, 9.17) is 9.63 Å². The fourth-order valence-electron chi connectivity index (χ4n) is 0.474. The second kappa shape index (κ2) is 7.35. The van der Waals surface area contributed by atoms with Crippen molar-refractivity contribution in [2.75, 3.05) is 13.2 Å². The third-order valence-electron chi connectivity index (χ3n) is 0.920. The number of unbranched alkanes of at least 4 members (excludes halogenated alkanes) is 2. The molecule has 0 aromatic rings. The van der Waals surface area contributed by atoms with Crippen LogP contribution in [-0.4, -0.2) is 18.3 Å². The zero-order valence-electron chi connectivity index (χ0n) is 4.97. The molecule has 0 amide bonds. The van der Waals surface area contributed by atoms with Crippen LogP contribution < -0.4 is 0 Å². The molecule has 0 aliphatic carbocycles. The quantitative estimate of drug-likeness (QED) is 0.450. The molecule has 0 aromatic carbocycles. The van der Waals surface area contributed by atoms with Gasteiger partial charge in [0.15, 0.2) is 0 Å². The van der Waals surface area contributed by atoms with Crippen LogP contribution in [0.4, 0.5) is 0 Å². The summed E-state index contributed by atoms with van der Waals surface area (Å²) in [6.45, 7) is 1.08. The summed E-state index contributed by atoms with van der Waals surface area (Å²) in [5.41, 5.74) is 0. The molecule has 1 N–H and O–H groups in total. The van der Waals surface area contributed by atoms with Gasteiger partial charge in [0.1, 0.15) is 0 Å². The van der Waals surface area contributed by atoms with Gasteiger partial charge in [-0.25, -0.2) is 0 Å². The number of aliphatic hydroxyl groups excluding tert-OH is 1. The molecule has 2 nitrogen and oxygen atoms in total. The monoisotopic (exact) mass is 136 g/mol. The van der Waals surface area contributed by atoms with Crippen molar-refractivity contribution in [3.8, 4) is 0 Å². The van der Waals surface area contributed by atoms with Crippen LogP contribution >= 0.6 is 9.47 Å². The lowest BCUT2D eigenvalue weighted by atomic mass is 10.2. The standard InChI is InChI=1S/C5H13O2P/c6-4-2-1-3-5-7-8/h6H,1-5,8H2. The molecule has 0 aliphatic rings. The highest BCUT2D eigenvalue weighted by atomic mass is 31.0. The van der Waals surface area contributed by atoms with Crippen LogP contribution in [-0.2, 0) is 4.52 Å². The summed E-state index contributed by atoms with van der Waals surface area (Å²) < 4.78 is 4.72. The summed E-state index contributed by atoms with van der Waals surface area (Å²) in [6.07, 6.45) is 3.00. The Hall–Kier alpha value is 0.350. The smallest absolute Gasteiger partial charge is 0.0501 e. The lowest BCUT2D eigenvalue weighted by Gasteiger charge is -1.94. The fourth-order valence-corrected chi connectivity index (χ4v) is 0.641. The van der Waals surface area contributed by atoms with E-state index in [-0.39, 0.29) is 0 Å². The number of rotatable bonds is 5. The molecule has 0 aliphatic heterocycles. The Bertz CT molecular complexity index is 35.4. The van der Waals surface area contributed by atoms with Crippen molar-refractivity contribution in [2.24, 2.45) is 0 Å². The molecule has 0 bridgehead atoms. The molecule has 0 spiro atoms. The molecular weight excluding hydrogens is 123 g/mol. The average molecular weight is 136 g/mol. The summed E-state index contributed by atoms with van der Waals surface area (Å²) in [5, 5.41) is 8.32. The van der Waals surface area contributed by atoms with Crippen molar-refractivity contribution in [2.45, 2.75) is 19.3 Å². The van der Waals surface area contributed by atoms with Gasteiger partial charge in [0.05, 0.1) is 6.61 Å². The lowest BCUT2D eigenvalue weighted by Crippen LogP contribution is -1.86. The zero-order valence-corrected chi connectivity index (χ0v) is 6.12. The Labute approximate surface area is 52.5 Å².